The van der Waals surface area contributed by atoms with Crippen molar-refractivity contribution < 1.29 is 14.3 Å². The summed E-state index contributed by atoms with van der Waals surface area (Å²) in [5, 5.41) is 11.2. The van der Waals surface area contributed by atoms with Crippen molar-refractivity contribution in [1.82, 2.24) is 5.32 Å². The van der Waals surface area contributed by atoms with Crippen molar-refractivity contribution in [2.45, 2.75) is 6.61 Å². The fourth-order valence-electron chi connectivity index (χ4n) is 2.24. The lowest BCUT2D eigenvalue weighted by molar-refractivity contribution is -0.116. The highest BCUT2D eigenvalue weighted by atomic mass is 79.9. The number of carbonyl (C=O) groups excluding carboxylic acids is 1. The van der Waals surface area contributed by atoms with Crippen molar-refractivity contribution in [2.24, 2.45) is 10.2 Å². The highest BCUT2D eigenvalue weighted by molar-refractivity contribution is 9.10. The van der Waals surface area contributed by atoms with E-state index in [0.717, 1.165) is 27.1 Å². The standard InChI is InChI=1S/C18H16BrN3O3S/c1-24-15-7-6-12(9-20-22-18-21-17(23)11-26-18)8-13(15)10-25-16-5-3-2-4-14(16)19/h2-9H,10-11H2,1H3,(H,21,22,23). The molecule has 3 rings (SSSR count). The van der Waals surface area contributed by atoms with Crippen molar-refractivity contribution in [1.29, 1.82) is 0 Å². The molecule has 0 aromatic heterocycles. The molecule has 0 spiro atoms. The van der Waals surface area contributed by atoms with Gasteiger partial charge in [-0.25, -0.2) is 0 Å². The van der Waals surface area contributed by atoms with Crippen LogP contribution in [0.15, 0.2) is 57.1 Å². The van der Waals surface area contributed by atoms with Gasteiger partial charge < -0.3 is 14.8 Å². The van der Waals surface area contributed by atoms with Gasteiger partial charge in [-0.2, -0.15) is 5.10 Å². The fourth-order valence-corrected chi connectivity index (χ4v) is 3.27. The summed E-state index contributed by atoms with van der Waals surface area (Å²) in [5.41, 5.74) is 1.75. The Labute approximate surface area is 163 Å². The van der Waals surface area contributed by atoms with Crippen LogP contribution in [-0.4, -0.2) is 30.2 Å². The molecule has 0 atom stereocenters. The predicted octanol–water partition coefficient (Wildman–Crippen LogP) is 3.59. The molecule has 2 aromatic rings. The fraction of sp³-hybridized carbons (Fsp3) is 0.167. The Morgan fingerprint density at radius 3 is 2.85 bits per heavy atom. The summed E-state index contributed by atoms with van der Waals surface area (Å²) >= 11 is 4.80. The van der Waals surface area contributed by atoms with E-state index in [4.69, 9.17) is 9.47 Å². The summed E-state index contributed by atoms with van der Waals surface area (Å²) in [6.45, 7) is 0.355. The van der Waals surface area contributed by atoms with E-state index < -0.39 is 0 Å². The maximum Gasteiger partial charge on any atom is 0.236 e. The number of rotatable bonds is 6. The highest BCUT2D eigenvalue weighted by Crippen LogP contribution is 2.27. The Balaban J connectivity index is 1.72. The van der Waals surface area contributed by atoms with E-state index in [2.05, 4.69) is 31.4 Å². The molecule has 0 bridgehead atoms. The number of para-hydroxylation sites is 1. The summed E-state index contributed by atoms with van der Waals surface area (Å²) in [7, 11) is 1.62. The minimum Gasteiger partial charge on any atom is -0.496 e. The van der Waals surface area contributed by atoms with Crippen LogP contribution in [0.5, 0.6) is 11.5 Å². The molecule has 1 aliphatic heterocycles. The van der Waals surface area contributed by atoms with E-state index in [1.54, 1.807) is 13.3 Å². The number of hydrogen-bond acceptors (Lipinski definition) is 6. The predicted molar refractivity (Wildman–Crippen MR) is 107 cm³/mol. The van der Waals surface area contributed by atoms with Crippen LogP contribution in [0.4, 0.5) is 0 Å². The molecule has 1 fully saturated rings. The molecule has 1 heterocycles. The van der Waals surface area contributed by atoms with Crippen molar-refractivity contribution in [2.75, 3.05) is 12.9 Å². The Bertz CT molecular complexity index is 871. The van der Waals surface area contributed by atoms with E-state index >= 15 is 0 Å². The Morgan fingerprint density at radius 2 is 2.12 bits per heavy atom. The van der Waals surface area contributed by atoms with Crippen LogP contribution < -0.4 is 14.8 Å². The molecular formula is C18H16BrN3O3S. The zero-order valence-electron chi connectivity index (χ0n) is 13.9. The molecule has 6 nitrogen and oxygen atoms in total. The second-order valence-electron chi connectivity index (χ2n) is 5.28. The summed E-state index contributed by atoms with van der Waals surface area (Å²) in [6, 6.07) is 13.3. The number of methoxy groups -OCH3 is 1. The van der Waals surface area contributed by atoms with Gasteiger partial charge >= 0.3 is 0 Å². The summed E-state index contributed by atoms with van der Waals surface area (Å²) in [5.74, 6) is 1.82. The largest absolute Gasteiger partial charge is 0.496 e. The number of carbonyl (C=O) groups is 1. The van der Waals surface area contributed by atoms with E-state index in [9.17, 15) is 4.79 Å². The van der Waals surface area contributed by atoms with E-state index in [-0.39, 0.29) is 5.91 Å². The maximum absolute atomic E-state index is 11.1. The van der Waals surface area contributed by atoms with Crippen molar-refractivity contribution in [3.63, 3.8) is 0 Å². The molecule has 8 heteroatoms. The van der Waals surface area contributed by atoms with Gasteiger partial charge in [-0.05, 0) is 51.8 Å². The zero-order chi connectivity index (χ0) is 18.4. The number of hydrogen-bond donors (Lipinski definition) is 1. The number of ether oxygens (including phenoxy) is 2. The third-order valence-corrected chi connectivity index (χ3v) is 4.98. The van der Waals surface area contributed by atoms with E-state index in [1.807, 2.05) is 42.5 Å². The average Bonchev–Trinajstić information content (AvgIpc) is 3.06. The lowest BCUT2D eigenvalue weighted by Gasteiger charge is -2.12. The van der Waals surface area contributed by atoms with Crippen LogP contribution in [-0.2, 0) is 11.4 Å². The first-order valence-corrected chi connectivity index (χ1v) is 9.51. The topological polar surface area (TPSA) is 72.3 Å². The monoisotopic (exact) mass is 433 g/mol. The van der Waals surface area contributed by atoms with Crippen LogP contribution >= 0.6 is 27.7 Å². The average molecular weight is 434 g/mol. The minimum atomic E-state index is -0.0556. The molecule has 1 N–H and O–H groups in total. The number of amides is 1. The highest BCUT2D eigenvalue weighted by Gasteiger charge is 2.15. The third-order valence-electron chi connectivity index (χ3n) is 3.47. The number of amidine groups is 1. The smallest absolute Gasteiger partial charge is 0.236 e. The van der Waals surface area contributed by atoms with Gasteiger partial charge in [0.15, 0.2) is 5.17 Å². The third kappa shape index (κ3) is 4.86. The molecular weight excluding hydrogens is 418 g/mol. The second-order valence-corrected chi connectivity index (χ2v) is 7.10. The van der Waals surface area contributed by atoms with E-state index in [1.165, 1.54) is 11.8 Å². The SMILES string of the molecule is COc1ccc(C=NN=C2NC(=O)CS2)cc1COc1ccccc1Br. The van der Waals surface area contributed by atoms with Gasteiger partial charge in [0, 0.05) is 5.56 Å². The van der Waals surface area contributed by atoms with Crippen LogP contribution in [0.3, 0.4) is 0 Å². The summed E-state index contributed by atoms with van der Waals surface area (Å²) in [4.78, 5) is 11.1. The van der Waals surface area contributed by atoms with Crippen LogP contribution in [0.25, 0.3) is 0 Å². The Morgan fingerprint density at radius 1 is 1.27 bits per heavy atom. The van der Waals surface area contributed by atoms with Crippen molar-refractivity contribution in [3.05, 3.63) is 58.1 Å². The zero-order valence-corrected chi connectivity index (χ0v) is 16.3. The van der Waals surface area contributed by atoms with Gasteiger partial charge in [-0.3, -0.25) is 4.79 Å². The van der Waals surface area contributed by atoms with Gasteiger partial charge in [0.05, 0.1) is 23.5 Å². The first kappa shape index (κ1) is 18.5. The Hall–Kier alpha value is -2.32. The molecule has 1 amide bonds. The second kappa shape index (κ2) is 8.86. The van der Waals surface area contributed by atoms with Gasteiger partial charge in [-0.15, -0.1) is 5.10 Å². The molecule has 0 unspecified atom stereocenters. The number of halogens is 1. The normalized spacial score (nSPS) is 15.5. The molecule has 0 saturated carbocycles. The van der Waals surface area contributed by atoms with Gasteiger partial charge in [0.25, 0.3) is 0 Å². The van der Waals surface area contributed by atoms with Crippen LogP contribution in [0.2, 0.25) is 0 Å². The van der Waals surface area contributed by atoms with Crippen molar-refractivity contribution in [3.8, 4) is 11.5 Å². The lowest BCUT2D eigenvalue weighted by atomic mass is 10.1. The number of benzene rings is 2. The summed E-state index contributed by atoms with van der Waals surface area (Å²) in [6.07, 6.45) is 1.62. The quantitative estimate of drug-likeness (QED) is 0.557. The molecule has 1 saturated heterocycles. The number of nitrogens with zero attached hydrogens (tertiary/aromatic N) is 2. The Kier molecular flexibility index (Phi) is 6.30. The van der Waals surface area contributed by atoms with E-state index in [0.29, 0.717) is 17.5 Å². The lowest BCUT2D eigenvalue weighted by Crippen LogP contribution is -2.19. The number of thioether (sulfide) groups is 1. The molecule has 0 aliphatic carbocycles. The number of nitrogens with one attached hydrogen (secondary N) is 1. The van der Waals surface area contributed by atoms with Crippen molar-refractivity contribution >= 4 is 45.0 Å². The molecule has 1 aliphatic rings. The van der Waals surface area contributed by atoms with Gasteiger partial charge in [0.2, 0.25) is 5.91 Å². The van der Waals surface area contributed by atoms with Gasteiger partial charge in [-0.1, -0.05) is 23.9 Å². The molecule has 134 valence electrons. The van der Waals surface area contributed by atoms with Crippen LogP contribution in [0.1, 0.15) is 11.1 Å². The maximum atomic E-state index is 11.1. The first-order chi connectivity index (χ1) is 12.7. The molecule has 2 aromatic carbocycles. The first-order valence-electron chi connectivity index (χ1n) is 7.73. The summed E-state index contributed by atoms with van der Waals surface area (Å²) < 4.78 is 12.2. The molecule has 0 radical (unpaired) electrons. The minimum absolute atomic E-state index is 0.0556. The van der Waals surface area contributed by atoms with Crippen LogP contribution in [0, 0.1) is 0 Å². The molecule has 26 heavy (non-hydrogen) atoms. The van der Waals surface area contributed by atoms with Gasteiger partial charge in [0.1, 0.15) is 18.1 Å².